The van der Waals surface area contributed by atoms with Crippen LogP contribution in [0.1, 0.15) is 6.42 Å². The highest BCUT2D eigenvalue weighted by molar-refractivity contribution is 6.06. The molecule has 26 heavy (non-hydrogen) atoms. The first-order valence-electron chi connectivity index (χ1n) is 8.48. The molecule has 1 aromatic rings. The van der Waals surface area contributed by atoms with Gasteiger partial charge in [-0.3, -0.25) is 23.9 Å². The number of carbonyl (C=O) groups excluding carboxylic acids is 3. The predicted octanol–water partition coefficient (Wildman–Crippen LogP) is -0.824. The third-order valence-corrected chi connectivity index (χ3v) is 5.33. The molecule has 2 bridgehead atoms. The number of likely N-dealkylation sites (tertiary alicyclic amines) is 1. The molecule has 2 heterocycles. The molecular weight excluding hydrogens is 340 g/mol. The average Bonchev–Trinajstić information content (AvgIpc) is 3.27. The second-order valence-corrected chi connectivity index (χ2v) is 6.81. The molecule has 0 spiro atoms. The van der Waals surface area contributed by atoms with Crippen molar-refractivity contribution in [3.05, 3.63) is 34.9 Å². The molecular formula is C17H18N4O5. The first kappa shape index (κ1) is 16.5. The summed E-state index contributed by atoms with van der Waals surface area (Å²) in [7, 11) is 0. The Morgan fingerprint density at radius 3 is 2.46 bits per heavy atom. The number of ether oxygens (including phenoxy) is 1. The van der Waals surface area contributed by atoms with E-state index >= 15 is 0 Å². The Kier molecular flexibility index (Phi) is 3.86. The molecule has 2 fully saturated rings. The van der Waals surface area contributed by atoms with Crippen LogP contribution in [-0.4, -0.2) is 45.4 Å². The number of rotatable bonds is 5. The lowest BCUT2D eigenvalue weighted by Gasteiger charge is -2.17. The number of fused-ring (bicyclic) bond motifs is 5. The van der Waals surface area contributed by atoms with Crippen molar-refractivity contribution in [1.29, 1.82) is 0 Å². The van der Waals surface area contributed by atoms with E-state index in [1.165, 1.54) is 17.2 Å². The largest absolute Gasteiger partial charge is 0.462 e. The van der Waals surface area contributed by atoms with Gasteiger partial charge in [-0.15, -0.1) is 0 Å². The number of anilines is 1. The van der Waals surface area contributed by atoms with Crippen molar-refractivity contribution in [2.75, 3.05) is 18.9 Å². The van der Waals surface area contributed by atoms with Crippen molar-refractivity contribution in [3.63, 3.8) is 0 Å². The summed E-state index contributed by atoms with van der Waals surface area (Å²) in [6, 6.07) is 1.40. The van der Waals surface area contributed by atoms with Gasteiger partial charge in [0.15, 0.2) is 0 Å². The molecule has 2 aliphatic carbocycles. The van der Waals surface area contributed by atoms with Gasteiger partial charge in [0.1, 0.15) is 19.0 Å². The highest BCUT2D eigenvalue weighted by atomic mass is 16.5. The SMILES string of the molecule is Nc1ccn(CC(=O)OCCN2C(=O)[C@@H]3[C@H](C2=O)[C@H]2C=C[C@@H]3C2)c(=O)n1. The number of nitrogen functional groups attached to an aromatic ring is 1. The van der Waals surface area contributed by atoms with E-state index in [1.807, 2.05) is 12.2 Å². The van der Waals surface area contributed by atoms with Crippen molar-refractivity contribution >= 4 is 23.6 Å². The summed E-state index contributed by atoms with van der Waals surface area (Å²) < 4.78 is 6.13. The van der Waals surface area contributed by atoms with Gasteiger partial charge < -0.3 is 10.5 Å². The van der Waals surface area contributed by atoms with Crippen molar-refractivity contribution in [3.8, 4) is 0 Å². The van der Waals surface area contributed by atoms with E-state index in [9.17, 15) is 19.2 Å². The fourth-order valence-electron chi connectivity index (χ4n) is 4.18. The van der Waals surface area contributed by atoms with Crippen LogP contribution < -0.4 is 11.4 Å². The lowest BCUT2D eigenvalue weighted by atomic mass is 9.85. The van der Waals surface area contributed by atoms with Crippen LogP contribution in [0.5, 0.6) is 0 Å². The van der Waals surface area contributed by atoms with Gasteiger partial charge in [-0.1, -0.05) is 12.2 Å². The topological polar surface area (TPSA) is 125 Å². The molecule has 0 unspecified atom stereocenters. The Bertz CT molecular complexity index is 846. The molecule has 4 atom stereocenters. The molecule has 1 saturated heterocycles. The molecule has 1 saturated carbocycles. The number of carbonyl (C=O) groups is 3. The zero-order valence-electron chi connectivity index (χ0n) is 13.9. The smallest absolute Gasteiger partial charge is 0.350 e. The summed E-state index contributed by atoms with van der Waals surface area (Å²) >= 11 is 0. The lowest BCUT2D eigenvalue weighted by Crippen LogP contribution is -2.36. The number of allylic oxidation sites excluding steroid dienone is 2. The first-order chi connectivity index (χ1) is 12.5. The van der Waals surface area contributed by atoms with Crippen molar-refractivity contribution in [2.45, 2.75) is 13.0 Å². The number of esters is 1. The van der Waals surface area contributed by atoms with Gasteiger partial charge in [0, 0.05) is 6.20 Å². The summed E-state index contributed by atoms with van der Waals surface area (Å²) in [5.41, 5.74) is 4.73. The molecule has 2 N–H and O–H groups in total. The zero-order chi connectivity index (χ0) is 18.4. The van der Waals surface area contributed by atoms with E-state index in [4.69, 9.17) is 10.5 Å². The van der Waals surface area contributed by atoms with Gasteiger partial charge in [0.05, 0.1) is 18.4 Å². The molecule has 136 valence electrons. The third kappa shape index (κ3) is 2.59. The van der Waals surface area contributed by atoms with Crippen LogP contribution in [0.3, 0.4) is 0 Å². The summed E-state index contributed by atoms with van der Waals surface area (Å²) in [5.74, 6) is -1.14. The first-order valence-corrected chi connectivity index (χ1v) is 8.48. The van der Waals surface area contributed by atoms with E-state index in [0.717, 1.165) is 11.0 Å². The second kappa shape index (κ2) is 6.08. The summed E-state index contributed by atoms with van der Waals surface area (Å²) in [4.78, 5) is 53.1. The van der Waals surface area contributed by atoms with Crippen LogP contribution in [-0.2, 0) is 25.7 Å². The van der Waals surface area contributed by atoms with Gasteiger partial charge in [-0.25, -0.2) is 4.79 Å². The van der Waals surface area contributed by atoms with E-state index in [0.29, 0.717) is 0 Å². The molecule has 1 aromatic heterocycles. The maximum absolute atomic E-state index is 12.5. The van der Waals surface area contributed by atoms with E-state index in [1.54, 1.807) is 0 Å². The maximum atomic E-state index is 12.5. The van der Waals surface area contributed by atoms with Crippen LogP contribution >= 0.6 is 0 Å². The number of nitrogens with zero attached hydrogens (tertiary/aromatic N) is 3. The number of imide groups is 1. The van der Waals surface area contributed by atoms with Gasteiger partial charge in [0.2, 0.25) is 11.8 Å². The van der Waals surface area contributed by atoms with Gasteiger partial charge in [0.25, 0.3) is 0 Å². The lowest BCUT2D eigenvalue weighted by molar-refractivity contribution is -0.149. The number of amides is 2. The monoisotopic (exact) mass is 358 g/mol. The highest BCUT2D eigenvalue weighted by Crippen LogP contribution is 2.52. The van der Waals surface area contributed by atoms with Crippen LogP contribution in [0, 0.1) is 23.7 Å². The quantitative estimate of drug-likeness (QED) is 0.414. The number of hydrogen-bond acceptors (Lipinski definition) is 7. The Balaban J connectivity index is 1.31. The maximum Gasteiger partial charge on any atom is 0.350 e. The van der Waals surface area contributed by atoms with E-state index in [-0.39, 0.29) is 61.0 Å². The Labute approximate surface area is 148 Å². The minimum Gasteiger partial charge on any atom is -0.462 e. The second-order valence-electron chi connectivity index (χ2n) is 6.81. The highest BCUT2D eigenvalue weighted by Gasteiger charge is 2.59. The van der Waals surface area contributed by atoms with Crippen LogP contribution in [0.4, 0.5) is 5.82 Å². The fourth-order valence-corrected chi connectivity index (χ4v) is 4.18. The van der Waals surface area contributed by atoms with Crippen LogP contribution in [0.2, 0.25) is 0 Å². The minimum atomic E-state index is -0.653. The van der Waals surface area contributed by atoms with Crippen molar-refractivity contribution in [2.24, 2.45) is 23.7 Å². The van der Waals surface area contributed by atoms with Crippen LogP contribution in [0.15, 0.2) is 29.2 Å². The average molecular weight is 358 g/mol. The molecule has 2 amide bonds. The Hall–Kier alpha value is -2.97. The summed E-state index contributed by atoms with van der Waals surface area (Å²) in [6.45, 7) is -0.381. The molecule has 4 rings (SSSR count). The zero-order valence-corrected chi connectivity index (χ0v) is 13.9. The number of aromatic nitrogens is 2. The Morgan fingerprint density at radius 1 is 1.19 bits per heavy atom. The predicted molar refractivity (Wildman–Crippen MR) is 88.3 cm³/mol. The normalized spacial score (nSPS) is 28.7. The van der Waals surface area contributed by atoms with Gasteiger partial charge in [-0.2, -0.15) is 4.98 Å². The summed E-state index contributed by atoms with van der Waals surface area (Å²) in [6.07, 6.45) is 6.28. The summed E-state index contributed by atoms with van der Waals surface area (Å²) in [5, 5.41) is 0. The molecule has 9 heteroatoms. The van der Waals surface area contributed by atoms with E-state index < -0.39 is 11.7 Å². The van der Waals surface area contributed by atoms with Crippen molar-refractivity contribution < 1.29 is 19.1 Å². The third-order valence-electron chi connectivity index (χ3n) is 5.33. The fraction of sp³-hybridized carbons (Fsp3) is 0.471. The molecule has 0 aromatic carbocycles. The van der Waals surface area contributed by atoms with E-state index in [2.05, 4.69) is 4.98 Å². The Morgan fingerprint density at radius 2 is 1.85 bits per heavy atom. The molecule has 0 radical (unpaired) electrons. The van der Waals surface area contributed by atoms with Crippen LogP contribution in [0.25, 0.3) is 0 Å². The van der Waals surface area contributed by atoms with Gasteiger partial charge >= 0.3 is 11.7 Å². The standard InChI is InChI=1S/C17H18N4O5/c18-11-3-4-20(17(25)19-11)8-12(22)26-6-5-21-15(23)13-9-1-2-10(7-9)14(13)16(21)24/h1-4,9-10,13-14H,5-8H2,(H2,18,19,25)/t9-,10+,13+,14-. The molecule has 9 nitrogen and oxygen atoms in total. The minimum absolute atomic E-state index is 0.0325. The number of nitrogens with two attached hydrogens (primary N) is 1. The van der Waals surface area contributed by atoms with Gasteiger partial charge in [-0.05, 0) is 24.3 Å². The van der Waals surface area contributed by atoms with Crippen molar-refractivity contribution in [1.82, 2.24) is 14.5 Å². The number of hydrogen-bond donors (Lipinski definition) is 1. The molecule has 1 aliphatic heterocycles. The molecule has 3 aliphatic rings.